The van der Waals surface area contributed by atoms with Gasteiger partial charge in [-0.25, -0.2) is 0 Å². The maximum atomic E-state index is 12.8. The van der Waals surface area contributed by atoms with Crippen LogP contribution >= 0.6 is 0 Å². The molecule has 2 atom stereocenters. The lowest BCUT2D eigenvalue weighted by atomic mass is 9.58. The van der Waals surface area contributed by atoms with Crippen molar-refractivity contribution >= 4 is 5.91 Å². The topological polar surface area (TPSA) is 67.8 Å². The Morgan fingerprint density at radius 1 is 1.27 bits per heavy atom. The van der Waals surface area contributed by atoms with Gasteiger partial charge in [-0.2, -0.15) is 0 Å². The molecule has 2 fully saturated rings. The molecule has 1 heterocycles. The average Bonchev–Trinajstić information content (AvgIpc) is 2.55. The van der Waals surface area contributed by atoms with Gasteiger partial charge in [-0.05, 0) is 39.0 Å². The third-order valence-electron chi connectivity index (χ3n) is 6.01. The smallest absolute Gasteiger partial charge is 0.228 e. The summed E-state index contributed by atoms with van der Waals surface area (Å²) in [7, 11) is 0. The number of amides is 1. The highest BCUT2D eigenvalue weighted by Gasteiger charge is 2.55. The van der Waals surface area contributed by atoms with Crippen LogP contribution in [0.25, 0.3) is 0 Å². The third-order valence-corrected chi connectivity index (χ3v) is 6.01. The highest BCUT2D eigenvalue weighted by atomic mass is 16.5. The fourth-order valence-electron chi connectivity index (χ4n) is 4.11. The van der Waals surface area contributed by atoms with Crippen LogP contribution in [0.3, 0.4) is 0 Å². The fraction of sp³-hybridized carbons (Fsp3) is 0.941. The molecule has 2 N–H and O–H groups in total. The highest BCUT2D eigenvalue weighted by Crippen LogP contribution is 2.49. The SMILES string of the molecule is CCO[C@H]1C[C@@H](NC(=O)C2(CO)CCOCC2)C1(CC)CC. The van der Waals surface area contributed by atoms with Gasteiger partial charge in [-0.15, -0.1) is 0 Å². The second-order valence-electron chi connectivity index (χ2n) is 6.70. The summed E-state index contributed by atoms with van der Waals surface area (Å²) in [5.41, 5.74) is -0.629. The predicted molar refractivity (Wildman–Crippen MR) is 84.5 cm³/mol. The first-order valence-electron chi connectivity index (χ1n) is 8.69. The molecule has 0 aromatic heterocycles. The number of ether oxygens (including phenoxy) is 2. The summed E-state index contributed by atoms with van der Waals surface area (Å²) < 4.78 is 11.2. The maximum absolute atomic E-state index is 12.8. The lowest BCUT2D eigenvalue weighted by Gasteiger charge is -2.56. The molecule has 128 valence electrons. The van der Waals surface area contributed by atoms with E-state index in [4.69, 9.17) is 9.47 Å². The van der Waals surface area contributed by atoms with Crippen molar-refractivity contribution in [2.75, 3.05) is 26.4 Å². The summed E-state index contributed by atoms with van der Waals surface area (Å²) in [6, 6.07) is 0.151. The van der Waals surface area contributed by atoms with Crippen LogP contribution in [0.1, 0.15) is 52.9 Å². The predicted octanol–water partition coefficient (Wildman–Crippen LogP) is 1.88. The molecule has 1 saturated carbocycles. The molecule has 0 bridgehead atoms. The van der Waals surface area contributed by atoms with Crippen LogP contribution < -0.4 is 5.32 Å². The Balaban J connectivity index is 2.04. The van der Waals surface area contributed by atoms with Crippen molar-refractivity contribution in [2.24, 2.45) is 10.8 Å². The normalized spacial score (nSPS) is 29.6. The number of aliphatic hydroxyl groups excluding tert-OH is 1. The molecule has 5 nitrogen and oxygen atoms in total. The van der Waals surface area contributed by atoms with Gasteiger partial charge in [-0.1, -0.05) is 13.8 Å². The van der Waals surface area contributed by atoms with Gasteiger partial charge >= 0.3 is 0 Å². The van der Waals surface area contributed by atoms with Crippen molar-refractivity contribution in [3.05, 3.63) is 0 Å². The zero-order valence-electron chi connectivity index (χ0n) is 14.2. The molecule has 0 radical (unpaired) electrons. The molecule has 0 unspecified atom stereocenters. The van der Waals surface area contributed by atoms with Gasteiger partial charge in [0.1, 0.15) is 0 Å². The first kappa shape index (κ1) is 17.7. The Bertz CT molecular complexity index is 375. The molecule has 22 heavy (non-hydrogen) atoms. The third kappa shape index (κ3) is 2.91. The van der Waals surface area contributed by atoms with E-state index in [0.717, 1.165) is 19.3 Å². The van der Waals surface area contributed by atoms with Crippen LogP contribution in [-0.4, -0.2) is 49.6 Å². The number of hydrogen-bond acceptors (Lipinski definition) is 4. The Morgan fingerprint density at radius 3 is 2.41 bits per heavy atom. The van der Waals surface area contributed by atoms with Crippen LogP contribution in [0.4, 0.5) is 0 Å². The number of nitrogens with one attached hydrogen (secondary N) is 1. The van der Waals surface area contributed by atoms with E-state index < -0.39 is 5.41 Å². The minimum absolute atomic E-state index is 0.00970. The van der Waals surface area contributed by atoms with Crippen LogP contribution in [0, 0.1) is 10.8 Å². The molecule has 0 aromatic carbocycles. The van der Waals surface area contributed by atoms with Gasteiger partial charge in [0.25, 0.3) is 0 Å². The Kier molecular flexibility index (Phi) is 5.86. The van der Waals surface area contributed by atoms with E-state index in [0.29, 0.717) is 32.7 Å². The van der Waals surface area contributed by atoms with E-state index in [2.05, 4.69) is 19.2 Å². The van der Waals surface area contributed by atoms with Crippen LogP contribution in [0.5, 0.6) is 0 Å². The zero-order chi connectivity index (χ0) is 16.2. The second kappa shape index (κ2) is 7.28. The number of carbonyl (C=O) groups is 1. The number of rotatable bonds is 7. The number of hydrogen-bond donors (Lipinski definition) is 2. The minimum atomic E-state index is -0.665. The fourth-order valence-corrected chi connectivity index (χ4v) is 4.11. The van der Waals surface area contributed by atoms with Crippen molar-refractivity contribution < 1.29 is 19.4 Å². The van der Waals surface area contributed by atoms with Crippen molar-refractivity contribution in [3.8, 4) is 0 Å². The van der Waals surface area contributed by atoms with Gasteiger partial charge in [-0.3, -0.25) is 4.79 Å². The zero-order valence-corrected chi connectivity index (χ0v) is 14.2. The summed E-state index contributed by atoms with van der Waals surface area (Å²) in [6.07, 6.45) is 4.30. The van der Waals surface area contributed by atoms with Crippen LogP contribution in [0.2, 0.25) is 0 Å². The van der Waals surface area contributed by atoms with E-state index in [1.165, 1.54) is 0 Å². The van der Waals surface area contributed by atoms with Gasteiger partial charge in [0.2, 0.25) is 5.91 Å². The summed E-state index contributed by atoms with van der Waals surface area (Å²) in [5.74, 6) is -0.00970. The molecular formula is C17H31NO4. The second-order valence-corrected chi connectivity index (χ2v) is 6.70. The van der Waals surface area contributed by atoms with Crippen LogP contribution in [-0.2, 0) is 14.3 Å². The number of aliphatic hydroxyl groups is 1. The molecule has 2 aliphatic rings. The molecule has 5 heteroatoms. The molecule has 0 spiro atoms. The van der Waals surface area contributed by atoms with Gasteiger partial charge < -0.3 is 19.9 Å². The van der Waals surface area contributed by atoms with Gasteiger partial charge in [0.15, 0.2) is 0 Å². The molecule has 1 aliphatic heterocycles. The first-order chi connectivity index (χ1) is 10.6. The lowest BCUT2D eigenvalue weighted by Crippen LogP contribution is -2.66. The van der Waals surface area contributed by atoms with Gasteiger partial charge in [0.05, 0.1) is 18.1 Å². The average molecular weight is 313 g/mol. The monoisotopic (exact) mass is 313 g/mol. The Labute approximate surface area is 133 Å². The van der Waals surface area contributed by atoms with Crippen molar-refractivity contribution in [1.29, 1.82) is 0 Å². The van der Waals surface area contributed by atoms with Gasteiger partial charge in [0, 0.05) is 31.3 Å². The Morgan fingerprint density at radius 2 is 1.91 bits per heavy atom. The lowest BCUT2D eigenvalue weighted by molar-refractivity contribution is -0.159. The van der Waals surface area contributed by atoms with Crippen molar-refractivity contribution in [3.63, 3.8) is 0 Å². The van der Waals surface area contributed by atoms with E-state index >= 15 is 0 Å². The molecule has 0 aromatic rings. The van der Waals surface area contributed by atoms with E-state index in [1.54, 1.807) is 0 Å². The summed E-state index contributed by atoms with van der Waals surface area (Å²) in [5, 5.41) is 13.0. The van der Waals surface area contributed by atoms with E-state index in [9.17, 15) is 9.90 Å². The molecule has 1 saturated heterocycles. The quantitative estimate of drug-likeness (QED) is 0.753. The van der Waals surface area contributed by atoms with E-state index in [-0.39, 0.29) is 30.1 Å². The van der Waals surface area contributed by atoms with E-state index in [1.807, 2.05) is 6.92 Å². The minimum Gasteiger partial charge on any atom is -0.395 e. The summed E-state index contributed by atoms with van der Waals surface area (Å²) in [4.78, 5) is 12.8. The first-order valence-corrected chi connectivity index (χ1v) is 8.69. The summed E-state index contributed by atoms with van der Waals surface area (Å²) in [6.45, 7) is 8.07. The highest BCUT2D eigenvalue weighted by molar-refractivity contribution is 5.83. The Hall–Kier alpha value is -0.650. The largest absolute Gasteiger partial charge is 0.395 e. The maximum Gasteiger partial charge on any atom is 0.228 e. The number of carbonyl (C=O) groups excluding carboxylic acids is 1. The molecule has 2 rings (SSSR count). The standard InChI is InChI=1S/C17H31NO4/c1-4-17(5-2)13(11-14(17)22-6-3)18-15(20)16(12-19)7-9-21-10-8-16/h13-14,19H,4-12H2,1-3H3,(H,18,20)/t13-,14+/m1/s1. The van der Waals surface area contributed by atoms with Crippen LogP contribution in [0.15, 0.2) is 0 Å². The van der Waals surface area contributed by atoms with Crippen molar-refractivity contribution in [2.45, 2.75) is 65.0 Å². The molecular weight excluding hydrogens is 282 g/mol. The van der Waals surface area contributed by atoms with Crippen molar-refractivity contribution in [1.82, 2.24) is 5.32 Å². The molecule has 1 aliphatic carbocycles. The molecule has 1 amide bonds. The summed E-state index contributed by atoms with van der Waals surface area (Å²) >= 11 is 0.